The van der Waals surface area contributed by atoms with Gasteiger partial charge in [0.2, 0.25) is 12.1 Å². The number of hydrogen-bond donors (Lipinski definition) is 1. The fourth-order valence-corrected chi connectivity index (χ4v) is 2.57. The topological polar surface area (TPSA) is 62.1 Å². The van der Waals surface area contributed by atoms with Gasteiger partial charge in [0.05, 0.1) is 12.1 Å². The van der Waals surface area contributed by atoms with Crippen molar-refractivity contribution in [3.8, 4) is 5.75 Å². The number of aldehydes is 1. The van der Waals surface area contributed by atoms with Gasteiger partial charge in [0.25, 0.3) is 0 Å². The highest BCUT2D eigenvalue weighted by atomic mass is 35.5. The van der Waals surface area contributed by atoms with Gasteiger partial charge in [0.15, 0.2) is 6.29 Å². The molecule has 1 aliphatic heterocycles. The van der Waals surface area contributed by atoms with Crippen molar-refractivity contribution in [2.75, 3.05) is 0 Å². The Balaban J connectivity index is 1.84. The van der Waals surface area contributed by atoms with E-state index < -0.39 is 18.0 Å². The lowest BCUT2D eigenvalue weighted by Gasteiger charge is -2.17. The van der Waals surface area contributed by atoms with E-state index in [1.54, 1.807) is 0 Å². The van der Waals surface area contributed by atoms with Crippen LogP contribution in [0.4, 0.5) is 13.2 Å². The molecule has 1 atom stereocenters. The molecule has 0 saturated carbocycles. The number of nitrogens with zero attached hydrogens (tertiary/aromatic N) is 2. The number of hydrogen-bond acceptors (Lipinski definition) is 5. The van der Waals surface area contributed by atoms with Crippen molar-refractivity contribution in [3.05, 3.63) is 64.2 Å². The van der Waals surface area contributed by atoms with Crippen LogP contribution in [-0.4, -0.2) is 28.5 Å². The maximum atomic E-state index is 12.6. The van der Waals surface area contributed by atoms with Gasteiger partial charge in [0.1, 0.15) is 5.75 Å². The van der Waals surface area contributed by atoms with Crippen LogP contribution in [0, 0.1) is 0 Å². The monoisotopic (exact) mass is 384 g/mol. The fourth-order valence-electron chi connectivity index (χ4n) is 2.38. The summed E-state index contributed by atoms with van der Waals surface area (Å²) in [5, 5.41) is 15.7. The molecule has 1 heterocycles. The quantitative estimate of drug-likeness (QED) is 0.815. The highest BCUT2D eigenvalue weighted by molar-refractivity contribution is 6.30. The average molecular weight is 385 g/mol. The summed E-state index contributed by atoms with van der Waals surface area (Å²) in [6, 6.07) is 8.67. The molecule has 0 amide bonds. The van der Waals surface area contributed by atoms with Crippen LogP contribution in [0.15, 0.2) is 47.6 Å². The Hall–Kier alpha value is -2.74. The minimum absolute atomic E-state index is 0.0114. The molecule has 0 bridgehead atoms. The van der Waals surface area contributed by atoms with Gasteiger partial charge in [-0.25, -0.2) is 5.01 Å². The first kappa shape index (κ1) is 18.1. The van der Waals surface area contributed by atoms with Crippen molar-refractivity contribution >= 4 is 23.8 Å². The summed E-state index contributed by atoms with van der Waals surface area (Å²) in [6.45, 7) is 0.0277. The Kier molecular flexibility index (Phi) is 4.78. The molecule has 0 spiro atoms. The van der Waals surface area contributed by atoms with Gasteiger partial charge in [-0.1, -0.05) is 11.6 Å². The van der Waals surface area contributed by atoms with Gasteiger partial charge in [-0.2, -0.15) is 13.2 Å². The molecule has 0 aromatic heterocycles. The van der Waals surface area contributed by atoms with Gasteiger partial charge in [0, 0.05) is 16.1 Å². The van der Waals surface area contributed by atoms with E-state index in [0.29, 0.717) is 22.4 Å². The summed E-state index contributed by atoms with van der Waals surface area (Å²) in [7, 11) is 0. The van der Waals surface area contributed by atoms with E-state index in [1.165, 1.54) is 35.3 Å². The Morgan fingerprint density at radius 3 is 2.54 bits per heavy atom. The van der Waals surface area contributed by atoms with E-state index in [-0.39, 0.29) is 18.2 Å². The van der Waals surface area contributed by atoms with Crippen LogP contribution in [0.5, 0.6) is 5.75 Å². The molecule has 1 aliphatic rings. The van der Waals surface area contributed by atoms with Crippen LogP contribution < -0.4 is 0 Å². The van der Waals surface area contributed by atoms with Gasteiger partial charge in [-0.15, -0.1) is 5.10 Å². The third-order valence-electron chi connectivity index (χ3n) is 3.69. The highest BCUT2D eigenvalue weighted by Crippen LogP contribution is 2.30. The van der Waals surface area contributed by atoms with Crippen molar-refractivity contribution in [3.63, 3.8) is 0 Å². The molecule has 0 fully saturated rings. The molecule has 3 rings (SSSR count). The van der Waals surface area contributed by atoms with Crippen LogP contribution in [0.1, 0.15) is 16.7 Å². The Morgan fingerprint density at radius 2 is 1.92 bits per heavy atom. The van der Waals surface area contributed by atoms with Crippen LogP contribution in [0.3, 0.4) is 0 Å². The third-order valence-corrected chi connectivity index (χ3v) is 3.93. The molecule has 0 saturated heterocycles. The van der Waals surface area contributed by atoms with E-state index in [0.717, 1.165) is 12.1 Å². The largest absolute Gasteiger partial charge is 0.508 e. The molecule has 0 aliphatic carbocycles. The second-order valence-corrected chi connectivity index (χ2v) is 5.93. The number of alkyl halides is 3. The summed E-state index contributed by atoms with van der Waals surface area (Å²) < 4.78 is 43.3. The predicted octanol–water partition coefficient (Wildman–Crippen LogP) is 3.78. The first-order valence-electron chi connectivity index (χ1n) is 7.40. The maximum absolute atomic E-state index is 12.6. The predicted molar refractivity (Wildman–Crippen MR) is 87.6 cm³/mol. The van der Waals surface area contributed by atoms with E-state index in [4.69, 9.17) is 16.3 Å². The van der Waals surface area contributed by atoms with Gasteiger partial charge in [-0.05, 0) is 42.5 Å². The molecule has 0 radical (unpaired) electrons. The van der Waals surface area contributed by atoms with Gasteiger partial charge >= 0.3 is 6.18 Å². The number of halogens is 4. The lowest BCUT2D eigenvalue weighted by molar-refractivity contribution is -0.137. The lowest BCUT2D eigenvalue weighted by atomic mass is 10.1. The number of hydrazone groups is 1. The minimum atomic E-state index is -4.45. The summed E-state index contributed by atoms with van der Waals surface area (Å²) >= 11 is 5.89. The second-order valence-electron chi connectivity index (χ2n) is 5.50. The Morgan fingerprint density at radius 1 is 1.23 bits per heavy atom. The number of phenolic OH excluding ortho intramolecular Hbond substituents is 1. The standard InChI is InChI=1S/C17H12ClF3N2O3/c18-13-5-6-14(25)11(7-13)8-23-15(9-24)26-16(22-23)10-1-3-12(4-2-10)17(19,20)21/h1-7,9,15,25H,8H2. The van der Waals surface area contributed by atoms with Crippen LogP contribution in [-0.2, 0) is 22.3 Å². The molecule has 1 N–H and O–H groups in total. The first-order valence-corrected chi connectivity index (χ1v) is 7.78. The zero-order chi connectivity index (χ0) is 18.9. The van der Waals surface area contributed by atoms with Gasteiger partial charge < -0.3 is 9.84 Å². The number of rotatable bonds is 4. The average Bonchev–Trinajstić information content (AvgIpc) is 3.00. The molecule has 26 heavy (non-hydrogen) atoms. The molecular weight excluding hydrogens is 373 g/mol. The number of carbonyl (C=O) groups excluding carboxylic acids is 1. The van der Waals surface area contributed by atoms with Gasteiger partial charge in [-0.3, -0.25) is 4.79 Å². The van der Waals surface area contributed by atoms with Crippen molar-refractivity contribution in [1.29, 1.82) is 0 Å². The molecule has 9 heteroatoms. The van der Waals surface area contributed by atoms with Crippen molar-refractivity contribution in [2.45, 2.75) is 18.9 Å². The van der Waals surface area contributed by atoms with Crippen molar-refractivity contribution in [2.24, 2.45) is 5.10 Å². The molecule has 1 unspecified atom stereocenters. The number of ether oxygens (including phenoxy) is 1. The zero-order valence-electron chi connectivity index (χ0n) is 13.1. The van der Waals surface area contributed by atoms with E-state index >= 15 is 0 Å². The zero-order valence-corrected chi connectivity index (χ0v) is 13.8. The SMILES string of the molecule is O=CC1OC(c2ccc(C(F)(F)F)cc2)=NN1Cc1cc(Cl)ccc1O. The van der Waals surface area contributed by atoms with Crippen molar-refractivity contribution in [1.82, 2.24) is 5.01 Å². The molecular formula is C17H12ClF3N2O3. The summed E-state index contributed by atoms with van der Waals surface area (Å²) in [6.07, 6.45) is -5.01. The van der Waals surface area contributed by atoms with Crippen LogP contribution in [0.2, 0.25) is 5.02 Å². The van der Waals surface area contributed by atoms with Crippen molar-refractivity contribution < 1.29 is 27.8 Å². The number of phenols is 1. The number of carbonyl (C=O) groups is 1. The Labute approximate surface area is 151 Å². The summed E-state index contributed by atoms with van der Waals surface area (Å²) in [5.41, 5.74) is -0.0828. The van der Waals surface area contributed by atoms with E-state index in [2.05, 4.69) is 5.10 Å². The molecule has 2 aromatic rings. The fraction of sp³-hybridized carbons (Fsp3) is 0.176. The lowest BCUT2D eigenvalue weighted by Crippen LogP contribution is -2.29. The maximum Gasteiger partial charge on any atom is 0.416 e. The van der Waals surface area contributed by atoms with Crippen LogP contribution >= 0.6 is 11.6 Å². The summed E-state index contributed by atoms with van der Waals surface area (Å²) in [4.78, 5) is 11.2. The molecule has 136 valence electrons. The smallest absolute Gasteiger partial charge is 0.416 e. The first-order chi connectivity index (χ1) is 12.3. The molecule has 2 aromatic carbocycles. The minimum Gasteiger partial charge on any atom is -0.508 e. The van der Waals surface area contributed by atoms with E-state index in [9.17, 15) is 23.1 Å². The van der Waals surface area contributed by atoms with Crippen LogP contribution in [0.25, 0.3) is 0 Å². The molecule has 5 nitrogen and oxygen atoms in total. The number of aromatic hydroxyl groups is 1. The summed E-state index contributed by atoms with van der Waals surface area (Å²) in [5.74, 6) is -0.0189. The second kappa shape index (κ2) is 6.87. The normalized spacial score (nSPS) is 17.0. The Bertz CT molecular complexity index is 853. The third kappa shape index (κ3) is 3.75. The highest BCUT2D eigenvalue weighted by Gasteiger charge is 2.32. The number of benzene rings is 2. The van der Waals surface area contributed by atoms with E-state index in [1.807, 2.05) is 0 Å².